The molecule has 1 aromatic heterocycles. The second-order valence-corrected chi connectivity index (χ2v) is 8.73. The number of pyridine rings is 1. The molecule has 10 nitrogen and oxygen atoms in total. The van der Waals surface area contributed by atoms with Gasteiger partial charge >= 0.3 is 6.16 Å². The summed E-state index contributed by atoms with van der Waals surface area (Å²) in [5.74, 6) is -3.69. The van der Waals surface area contributed by atoms with Crippen molar-refractivity contribution in [2.75, 3.05) is 32.6 Å². The van der Waals surface area contributed by atoms with Crippen LogP contribution in [0, 0.1) is 17.5 Å². The van der Waals surface area contributed by atoms with Crippen LogP contribution < -0.4 is 19.9 Å². The fourth-order valence-corrected chi connectivity index (χ4v) is 4.75. The molecule has 3 aromatic rings. The molecule has 3 heterocycles. The van der Waals surface area contributed by atoms with E-state index in [0.29, 0.717) is 5.56 Å². The van der Waals surface area contributed by atoms with Gasteiger partial charge in [0.25, 0.3) is 5.91 Å². The Hall–Kier alpha value is -4.68. The van der Waals surface area contributed by atoms with Crippen LogP contribution in [0.3, 0.4) is 0 Å². The van der Waals surface area contributed by atoms with Crippen LogP contribution in [0.1, 0.15) is 34.1 Å². The molecule has 0 spiro atoms. The Morgan fingerprint density at radius 3 is 2.51 bits per heavy atom. The fourth-order valence-electron chi connectivity index (χ4n) is 4.75. The lowest BCUT2D eigenvalue weighted by Gasteiger charge is -2.50. The zero-order valence-electron chi connectivity index (χ0n) is 20.7. The molecule has 0 bridgehead atoms. The number of fused-ring (bicyclic) bond motifs is 4. The lowest BCUT2D eigenvalue weighted by Crippen LogP contribution is -2.62. The highest BCUT2D eigenvalue weighted by Gasteiger charge is 2.44. The number of methoxy groups -OCH3 is 1. The number of amides is 1. The van der Waals surface area contributed by atoms with E-state index in [9.17, 15) is 27.6 Å². The van der Waals surface area contributed by atoms with E-state index < -0.39 is 59.7 Å². The molecular weight excluding hydrogens is 523 g/mol. The third kappa shape index (κ3) is 4.60. The summed E-state index contributed by atoms with van der Waals surface area (Å²) in [6, 6.07) is 7.51. The maximum absolute atomic E-state index is 14.6. The minimum absolute atomic E-state index is 0.0405. The number of nitrogens with zero attached hydrogens (tertiary/aromatic N) is 3. The first kappa shape index (κ1) is 25.9. The maximum Gasteiger partial charge on any atom is 0.510 e. The number of hydrogen-bond acceptors (Lipinski definition) is 8. The molecule has 0 radical (unpaired) electrons. The van der Waals surface area contributed by atoms with Crippen molar-refractivity contribution in [3.63, 3.8) is 0 Å². The molecule has 204 valence electrons. The molecule has 0 fully saturated rings. The standard InChI is InChI=1S/C26H22F3N3O7/c1-30-21-8-10-37-20-12-18(29)17(28)11-16(20)22(14-3-5-15(27)6-4-14)32(21)31-9-7-19(33)24(23(31)25(30)34)38-13-39-26(35)36-2/h3-7,9,11-12,21-22H,8,10,13H2,1-2H3/t21?,22-/m0/s1. The smallest absolute Gasteiger partial charge is 0.493 e. The summed E-state index contributed by atoms with van der Waals surface area (Å²) >= 11 is 0. The largest absolute Gasteiger partial charge is 0.510 e. The molecule has 0 aliphatic carbocycles. The molecule has 13 heteroatoms. The van der Waals surface area contributed by atoms with Crippen LogP contribution in [0.25, 0.3) is 0 Å². The van der Waals surface area contributed by atoms with Crippen LogP contribution in [-0.2, 0) is 9.47 Å². The van der Waals surface area contributed by atoms with E-state index in [0.717, 1.165) is 25.3 Å². The molecule has 2 aliphatic heterocycles. The highest BCUT2D eigenvalue weighted by Crippen LogP contribution is 2.41. The molecular formula is C26H22F3N3O7. The molecule has 1 amide bonds. The van der Waals surface area contributed by atoms with Crippen molar-refractivity contribution in [1.29, 1.82) is 0 Å². The number of carbonyl (C=O) groups is 2. The summed E-state index contributed by atoms with van der Waals surface area (Å²) in [5.41, 5.74) is -0.207. The number of benzene rings is 2. The highest BCUT2D eigenvalue weighted by molar-refractivity contribution is 5.96. The van der Waals surface area contributed by atoms with Crippen LogP contribution in [0.4, 0.5) is 18.0 Å². The number of aromatic nitrogens is 1. The van der Waals surface area contributed by atoms with Gasteiger partial charge in [0, 0.05) is 37.4 Å². The van der Waals surface area contributed by atoms with Crippen molar-refractivity contribution < 1.29 is 41.7 Å². The average Bonchev–Trinajstić information content (AvgIpc) is 2.91. The lowest BCUT2D eigenvalue weighted by molar-refractivity contribution is 0.0131. The van der Waals surface area contributed by atoms with Gasteiger partial charge in [-0.3, -0.25) is 19.3 Å². The highest BCUT2D eigenvalue weighted by atomic mass is 19.2. The number of rotatable bonds is 4. The normalized spacial score (nSPS) is 18.1. The van der Waals surface area contributed by atoms with Gasteiger partial charge in [-0.2, -0.15) is 0 Å². The fraction of sp³-hybridized carbons (Fsp3) is 0.269. The monoisotopic (exact) mass is 545 g/mol. The van der Waals surface area contributed by atoms with E-state index in [1.54, 1.807) is 5.01 Å². The summed E-state index contributed by atoms with van der Waals surface area (Å²) < 4.78 is 64.4. The van der Waals surface area contributed by atoms with Crippen LogP contribution in [0.2, 0.25) is 0 Å². The van der Waals surface area contributed by atoms with Crippen LogP contribution >= 0.6 is 0 Å². The number of halogens is 3. The van der Waals surface area contributed by atoms with Crippen molar-refractivity contribution in [2.45, 2.75) is 18.6 Å². The molecule has 0 saturated heterocycles. The Bertz CT molecular complexity index is 1500. The molecule has 1 unspecified atom stereocenters. The number of ether oxygens (including phenoxy) is 4. The van der Waals surface area contributed by atoms with E-state index in [-0.39, 0.29) is 30.0 Å². The Morgan fingerprint density at radius 2 is 1.79 bits per heavy atom. The summed E-state index contributed by atoms with van der Waals surface area (Å²) in [4.78, 5) is 39.1. The zero-order chi connectivity index (χ0) is 27.8. The second kappa shape index (κ2) is 10.2. The van der Waals surface area contributed by atoms with E-state index in [1.165, 1.54) is 47.1 Å². The van der Waals surface area contributed by atoms with Crippen molar-refractivity contribution in [1.82, 2.24) is 9.58 Å². The SMILES string of the molecule is COC(=O)OCOc1c2n(ccc1=O)N1C(CCOc3cc(F)c(F)cc3[C@@H]1c1ccc(F)cc1)N(C)C2=O. The summed E-state index contributed by atoms with van der Waals surface area (Å²) in [5, 5.41) is 1.68. The Morgan fingerprint density at radius 1 is 1.08 bits per heavy atom. The van der Waals surface area contributed by atoms with Crippen molar-refractivity contribution in [2.24, 2.45) is 0 Å². The Kier molecular flexibility index (Phi) is 6.81. The van der Waals surface area contributed by atoms with Crippen molar-refractivity contribution in [3.05, 3.63) is 93.2 Å². The van der Waals surface area contributed by atoms with Crippen molar-refractivity contribution in [3.8, 4) is 11.5 Å². The summed E-state index contributed by atoms with van der Waals surface area (Å²) in [6.45, 7) is -0.680. The average molecular weight is 545 g/mol. The van der Waals surface area contributed by atoms with E-state index in [1.807, 2.05) is 0 Å². The summed E-state index contributed by atoms with van der Waals surface area (Å²) in [7, 11) is 2.60. The van der Waals surface area contributed by atoms with E-state index in [4.69, 9.17) is 14.2 Å². The van der Waals surface area contributed by atoms with Gasteiger partial charge in [0.1, 0.15) is 23.8 Å². The quantitative estimate of drug-likeness (QED) is 0.364. The molecule has 0 saturated carbocycles. The predicted octanol–water partition coefficient (Wildman–Crippen LogP) is 3.31. The molecule has 39 heavy (non-hydrogen) atoms. The topological polar surface area (TPSA) is 99.5 Å². The number of hydrogen-bond donors (Lipinski definition) is 0. The van der Waals surface area contributed by atoms with E-state index in [2.05, 4.69) is 4.74 Å². The third-order valence-corrected chi connectivity index (χ3v) is 6.54. The van der Waals surface area contributed by atoms with Crippen LogP contribution in [-0.4, -0.2) is 55.4 Å². The Balaban J connectivity index is 1.73. The van der Waals surface area contributed by atoms with Gasteiger partial charge in [0.05, 0.1) is 13.7 Å². The second-order valence-electron chi connectivity index (χ2n) is 8.73. The molecule has 2 atom stereocenters. The minimum atomic E-state index is -1.13. The minimum Gasteiger partial charge on any atom is -0.493 e. The first-order valence-corrected chi connectivity index (χ1v) is 11.7. The first-order chi connectivity index (χ1) is 18.7. The van der Waals surface area contributed by atoms with Gasteiger partial charge in [-0.05, 0) is 23.8 Å². The zero-order valence-corrected chi connectivity index (χ0v) is 20.7. The summed E-state index contributed by atoms with van der Waals surface area (Å²) in [6.07, 6.45) is -0.189. The number of carbonyl (C=O) groups excluding carboxylic acids is 2. The first-order valence-electron chi connectivity index (χ1n) is 11.7. The van der Waals surface area contributed by atoms with Crippen molar-refractivity contribution >= 4 is 12.1 Å². The van der Waals surface area contributed by atoms with Gasteiger partial charge in [-0.25, -0.2) is 18.0 Å². The molecule has 5 rings (SSSR count). The van der Waals surface area contributed by atoms with Gasteiger partial charge in [0.15, 0.2) is 17.3 Å². The maximum atomic E-state index is 14.6. The lowest BCUT2D eigenvalue weighted by atomic mass is 9.94. The van der Waals surface area contributed by atoms with E-state index >= 15 is 0 Å². The van der Waals surface area contributed by atoms with Gasteiger partial charge < -0.3 is 23.8 Å². The molecule has 2 aliphatic rings. The molecule has 2 aromatic carbocycles. The van der Waals surface area contributed by atoms with Gasteiger partial charge in [0.2, 0.25) is 18.0 Å². The Labute approximate surface area is 219 Å². The van der Waals surface area contributed by atoms with Gasteiger partial charge in [-0.15, -0.1) is 0 Å². The van der Waals surface area contributed by atoms with Crippen LogP contribution in [0.5, 0.6) is 11.5 Å². The predicted molar refractivity (Wildman–Crippen MR) is 128 cm³/mol. The van der Waals surface area contributed by atoms with Gasteiger partial charge in [-0.1, -0.05) is 12.1 Å². The van der Waals surface area contributed by atoms with Crippen LogP contribution in [0.15, 0.2) is 53.5 Å². The third-order valence-electron chi connectivity index (χ3n) is 6.54. The molecule has 0 N–H and O–H groups in total.